The first-order chi connectivity index (χ1) is 5.83. The molecule has 0 bridgehead atoms. The normalized spacial score (nSPS) is 9.33. The number of carbonyl (C=O) groups excluding carboxylic acids is 1. The van der Waals surface area contributed by atoms with Crippen LogP contribution in [0.1, 0.15) is 0 Å². The number of esters is 1. The monoisotopic (exact) mass is 167 g/mol. The number of ether oxygens (including phenoxy) is 1. The molecule has 0 fully saturated rings. The predicted octanol–water partition coefficient (Wildman–Crippen LogP) is 0.00730. The summed E-state index contributed by atoms with van der Waals surface area (Å²) in [6, 6.07) is 0. The van der Waals surface area contributed by atoms with Crippen molar-refractivity contribution in [2.75, 3.05) is 6.61 Å². The maximum Gasteiger partial charge on any atom is 0.328 e. The second kappa shape index (κ2) is 4.27. The van der Waals surface area contributed by atoms with Crippen molar-refractivity contribution in [2.24, 2.45) is 0 Å². The zero-order chi connectivity index (χ0) is 8.81. The van der Waals surface area contributed by atoms with Gasteiger partial charge in [0, 0.05) is 6.20 Å². The van der Waals surface area contributed by atoms with E-state index in [0.29, 0.717) is 0 Å². The van der Waals surface area contributed by atoms with E-state index in [-0.39, 0.29) is 19.1 Å². The van der Waals surface area contributed by atoms with Crippen LogP contribution in [0.4, 0.5) is 0 Å². The minimum Gasteiger partial charge on any atom is -0.460 e. The highest BCUT2D eigenvalue weighted by molar-refractivity contribution is 5.69. The summed E-state index contributed by atoms with van der Waals surface area (Å²) < 4.78 is 6.11. The van der Waals surface area contributed by atoms with Gasteiger partial charge in [-0.2, -0.15) is 0 Å². The summed E-state index contributed by atoms with van der Waals surface area (Å²) in [5.41, 5.74) is 0. The molecule has 0 aliphatic rings. The van der Waals surface area contributed by atoms with Gasteiger partial charge in [0.25, 0.3) is 0 Å². The van der Waals surface area contributed by atoms with Crippen LogP contribution < -0.4 is 0 Å². The Morgan fingerprint density at radius 1 is 1.75 bits per heavy atom. The molecule has 12 heavy (non-hydrogen) atoms. The third kappa shape index (κ3) is 2.53. The van der Waals surface area contributed by atoms with Crippen molar-refractivity contribution < 1.29 is 9.53 Å². The van der Waals surface area contributed by atoms with Crippen LogP contribution in [0.25, 0.3) is 0 Å². The van der Waals surface area contributed by atoms with Crippen LogP contribution in [0.15, 0.2) is 25.0 Å². The van der Waals surface area contributed by atoms with Crippen LogP contribution >= 0.6 is 0 Å². The van der Waals surface area contributed by atoms with Gasteiger partial charge in [-0.15, -0.1) is 5.10 Å². The Morgan fingerprint density at radius 2 is 2.58 bits per heavy atom. The molecule has 0 atom stereocenters. The Morgan fingerprint density at radius 3 is 3.17 bits per heavy atom. The summed E-state index contributed by atoms with van der Waals surface area (Å²) in [5, 5.41) is 7.14. The molecule has 0 radical (unpaired) electrons. The topological polar surface area (TPSA) is 57.0 Å². The number of carbonyl (C=O) groups is 1. The second-order valence-electron chi connectivity index (χ2n) is 2.07. The van der Waals surface area contributed by atoms with Crippen LogP contribution in [-0.4, -0.2) is 27.6 Å². The van der Waals surface area contributed by atoms with E-state index in [4.69, 9.17) is 4.74 Å². The summed E-state index contributed by atoms with van der Waals surface area (Å²) in [7, 11) is 0. The van der Waals surface area contributed by atoms with Crippen molar-refractivity contribution in [2.45, 2.75) is 6.54 Å². The van der Waals surface area contributed by atoms with E-state index in [0.717, 1.165) is 0 Å². The zero-order valence-electron chi connectivity index (χ0n) is 6.51. The van der Waals surface area contributed by atoms with Crippen LogP contribution in [0.5, 0.6) is 0 Å². The molecule has 0 spiro atoms. The minimum atomic E-state index is -0.347. The highest BCUT2D eigenvalue weighted by Crippen LogP contribution is 1.85. The number of aromatic nitrogens is 3. The Kier molecular flexibility index (Phi) is 3.01. The van der Waals surface area contributed by atoms with Crippen LogP contribution in [0.3, 0.4) is 0 Å². The molecule has 0 aliphatic heterocycles. The number of hydrogen-bond acceptors (Lipinski definition) is 4. The van der Waals surface area contributed by atoms with Gasteiger partial charge in [0.15, 0.2) is 0 Å². The van der Waals surface area contributed by atoms with Gasteiger partial charge in [0.2, 0.25) is 0 Å². The molecule has 0 N–H and O–H groups in total. The van der Waals surface area contributed by atoms with Gasteiger partial charge in [-0.1, -0.05) is 17.9 Å². The molecule has 1 heterocycles. The average Bonchev–Trinajstić information content (AvgIpc) is 2.53. The summed E-state index contributed by atoms with van der Waals surface area (Å²) in [6.45, 7) is 3.74. The molecule has 0 amide bonds. The molecule has 0 saturated heterocycles. The fourth-order valence-electron chi connectivity index (χ4n) is 0.647. The Labute approximate surface area is 69.6 Å². The second-order valence-corrected chi connectivity index (χ2v) is 2.07. The van der Waals surface area contributed by atoms with Gasteiger partial charge in [-0.25, -0.2) is 4.68 Å². The Bertz CT molecular complexity index is 256. The molecular formula is C7H9N3O2. The SMILES string of the molecule is C=CCOC(=O)Cn1ccnn1. The standard InChI is InChI=1S/C7H9N3O2/c1-2-5-12-7(11)6-10-4-3-8-9-10/h2-4H,1,5-6H2. The van der Waals surface area contributed by atoms with E-state index in [9.17, 15) is 4.79 Å². The van der Waals surface area contributed by atoms with Crippen molar-refractivity contribution in [3.05, 3.63) is 25.0 Å². The fourth-order valence-corrected chi connectivity index (χ4v) is 0.647. The molecule has 1 aromatic heterocycles. The predicted molar refractivity (Wildman–Crippen MR) is 41.2 cm³/mol. The quantitative estimate of drug-likeness (QED) is 0.468. The average molecular weight is 167 g/mol. The molecule has 0 aromatic carbocycles. The van der Waals surface area contributed by atoms with Crippen molar-refractivity contribution in [1.29, 1.82) is 0 Å². The van der Waals surface area contributed by atoms with E-state index in [1.165, 1.54) is 17.0 Å². The fraction of sp³-hybridized carbons (Fsp3) is 0.286. The number of hydrogen-bond donors (Lipinski definition) is 0. The third-order valence-corrected chi connectivity index (χ3v) is 1.13. The van der Waals surface area contributed by atoms with Gasteiger partial charge < -0.3 is 4.74 Å². The van der Waals surface area contributed by atoms with Crippen molar-refractivity contribution in [3.8, 4) is 0 Å². The van der Waals surface area contributed by atoms with Crippen LogP contribution in [-0.2, 0) is 16.1 Å². The summed E-state index contributed by atoms with van der Waals surface area (Å²) in [6.07, 6.45) is 4.61. The first-order valence-electron chi connectivity index (χ1n) is 3.43. The number of rotatable bonds is 4. The van der Waals surface area contributed by atoms with Crippen molar-refractivity contribution in [1.82, 2.24) is 15.0 Å². The summed E-state index contributed by atoms with van der Waals surface area (Å²) >= 11 is 0. The molecule has 64 valence electrons. The van der Waals surface area contributed by atoms with Gasteiger partial charge in [-0.3, -0.25) is 4.79 Å². The number of nitrogens with zero attached hydrogens (tertiary/aromatic N) is 3. The largest absolute Gasteiger partial charge is 0.460 e. The molecule has 5 nitrogen and oxygen atoms in total. The van der Waals surface area contributed by atoms with E-state index in [1.54, 1.807) is 6.20 Å². The Hall–Kier alpha value is -1.65. The van der Waals surface area contributed by atoms with Gasteiger partial charge >= 0.3 is 5.97 Å². The van der Waals surface area contributed by atoms with Crippen LogP contribution in [0.2, 0.25) is 0 Å². The maximum atomic E-state index is 10.9. The minimum absolute atomic E-state index is 0.0911. The summed E-state index contributed by atoms with van der Waals surface area (Å²) in [5.74, 6) is -0.347. The molecular weight excluding hydrogens is 158 g/mol. The third-order valence-electron chi connectivity index (χ3n) is 1.13. The molecule has 0 unspecified atom stereocenters. The van der Waals surface area contributed by atoms with Crippen molar-refractivity contribution >= 4 is 5.97 Å². The lowest BCUT2D eigenvalue weighted by Crippen LogP contribution is -2.13. The van der Waals surface area contributed by atoms with E-state index < -0.39 is 0 Å². The van der Waals surface area contributed by atoms with E-state index >= 15 is 0 Å². The summed E-state index contributed by atoms with van der Waals surface area (Å²) in [4.78, 5) is 10.9. The van der Waals surface area contributed by atoms with Crippen LogP contribution in [0, 0.1) is 0 Å². The lowest BCUT2D eigenvalue weighted by Gasteiger charge is -1.99. The smallest absolute Gasteiger partial charge is 0.328 e. The molecule has 0 aliphatic carbocycles. The van der Waals surface area contributed by atoms with Gasteiger partial charge in [-0.05, 0) is 0 Å². The van der Waals surface area contributed by atoms with Gasteiger partial charge in [0.05, 0.1) is 6.20 Å². The lowest BCUT2D eigenvalue weighted by molar-refractivity contribution is -0.143. The Balaban J connectivity index is 2.32. The van der Waals surface area contributed by atoms with Crippen molar-refractivity contribution in [3.63, 3.8) is 0 Å². The first kappa shape index (κ1) is 8.45. The first-order valence-corrected chi connectivity index (χ1v) is 3.43. The molecule has 0 saturated carbocycles. The molecule has 1 aromatic rings. The molecule has 1 rings (SSSR count). The highest BCUT2D eigenvalue weighted by Gasteiger charge is 2.02. The maximum absolute atomic E-state index is 10.9. The lowest BCUT2D eigenvalue weighted by atomic mass is 10.6. The van der Waals surface area contributed by atoms with E-state index in [2.05, 4.69) is 16.9 Å². The van der Waals surface area contributed by atoms with E-state index in [1.807, 2.05) is 0 Å². The molecule has 5 heteroatoms. The zero-order valence-corrected chi connectivity index (χ0v) is 6.51. The van der Waals surface area contributed by atoms with Gasteiger partial charge in [0.1, 0.15) is 13.2 Å². The highest BCUT2D eigenvalue weighted by atomic mass is 16.5.